The molecule has 4 rings (SSSR count). The third kappa shape index (κ3) is 6.90. The second-order valence-electron chi connectivity index (χ2n) is 7.64. The second kappa shape index (κ2) is 11.5. The summed E-state index contributed by atoms with van der Waals surface area (Å²) in [6.07, 6.45) is -1.58. The molecule has 0 bridgehead atoms. The summed E-state index contributed by atoms with van der Waals surface area (Å²) in [6.45, 7) is 3.99. The highest BCUT2D eigenvalue weighted by Crippen LogP contribution is 2.25. The average Bonchev–Trinajstić information content (AvgIpc) is 2.79. The van der Waals surface area contributed by atoms with Crippen LogP contribution in [0.2, 0.25) is 10.0 Å². The molecule has 0 spiro atoms. The van der Waals surface area contributed by atoms with E-state index in [9.17, 15) is 18.7 Å². The van der Waals surface area contributed by atoms with E-state index in [0.29, 0.717) is 37.3 Å². The zero-order chi connectivity index (χ0) is 24.0. The number of halogens is 4. The van der Waals surface area contributed by atoms with Gasteiger partial charge in [-0.25, -0.2) is 8.78 Å². The van der Waals surface area contributed by atoms with Crippen LogP contribution in [-0.2, 0) is 4.79 Å². The third-order valence-electron chi connectivity index (χ3n) is 5.26. The molecule has 4 nitrogen and oxygen atoms in total. The van der Waals surface area contributed by atoms with Crippen LogP contribution in [0.25, 0.3) is 0 Å². The van der Waals surface area contributed by atoms with Gasteiger partial charge in [0.15, 0.2) is 6.10 Å². The zero-order valence-electron chi connectivity index (χ0n) is 18.0. The fourth-order valence-electron chi connectivity index (χ4n) is 3.60. The van der Waals surface area contributed by atoms with Crippen molar-refractivity contribution in [3.8, 4) is 0 Å². The Morgan fingerprint density at radius 1 is 0.879 bits per heavy atom. The van der Waals surface area contributed by atoms with E-state index in [-0.39, 0.29) is 5.56 Å². The number of aryl methyl sites for hydroxylation is 1. The lowest BCUT2D eigenvalue weighted by Crippen LogP contribution is -2.50. The normalized spacial score (nSPS) is 14.4. The minimum Gasteiger partial charge on any atom is -0.378 e. The van der Waals surface area contributed by atoms with Crippen LogP contribution >= 0.6 is 23.2 Å². The third-order valence-corrected chi connectivity index (χ3v) is 5.75. The number of aliphatic hydroxyl groups excluding tert-OH is 1. The fraction of sp³-hybridized carbons (Fsp3) is 0.240. The van der Waals surface area contributed by atoms with Crippen molar-refractivity contribution in [1.29, 1.82) is 0 Å². The number of carbonyl (C=O) groups is 1. The number of aliphatic hydroxyl groups is 1. The van der Waals surface area contributed by atoms with Gasteiger partial charge in [0.25, 0.3) is 5.91 Å². The summed E-state index contributed by atoms with van der Waals surface area (Å²) in [4.78, 5) is 16.1. The summed E-state index contributed by atoms with van der Waals surface area (Å²) in [5.41, 5.74) is 2.02. The van der Waals surface area contributed by atoms with E-state index >= 15 is 0 Å². The predicted octanol–water partition coefficient (Wildman–Crippen LogP) is 5.65. The van der Waals surface area contributed by atoms with Crippen LogP contribution in [0.3, 0.4) is 0 Å². The fourth-order valence-corrected chi connectivity index (χ4v) is 3.98. The van der Waals surface area contributed by atoms with Gasteiger partial charge in [-0.3, -0.25) is 4.79 Å². The summed E-state index contributed by atoms with van der Waals surface area (Å²) in [5, 5.41) is 11.7. The molecule has 1 aliphatic heterocycles. The standard InChI is InChI=1S/C19H19ClF2N2O2.C6H5Cl/c1-12-8-14(20)2-3-17(12)23-4-6-24(7-5-23)19(26)18(25)13-9-15(21)11-16(22)10-13;7-6-4-2-1-3-5-6/h2-3,8-11,18,25H,4-7H2,1H3;1-5H. The number of carbonyl (C=O) groups excluding carboxylic acids is 1. The van der Waals surface area contributed by atoms with Crippen LogP contribution in [0, 0.1) is 18.6 Å². The monoisotopic (exact) mass is 492 g/mol. The van der Waals surface area contributed by atoms with Gasteiger partial charge < -0.3 is 14.9 Å². The number of amides is 1. The van der Waals surface area contributed by atoms with E-state index in [1.807, 2.05) is 55.5 Å². The lowest BCUT2D eigenvalue weighted by molar-refractivity contribution is -0.140. The highest BCUT2D eigenvalue weighted by Gasteiger charge is 2.28. The van der Waals surface area contributed by atoms with E-state index in [1.165, 1.54) is 4.90 Å². The van der Waals surface area contributed by atoms with E-state index in [0.717, 1.165) is 28.4 Å². The van der Waals surface area contributed by atoms with Gasteiger partial charge in [0.05, 0.1) is 0 Å². The smallest absolute Gasteiger partial charge is 0.256 e. The minimum atomic E-state index is -1.58. The van der Waals surface area contributed by atoms with Gasteiger partial charge in [0, 0.05) is 48.0 Å². The van der Waals surface area contributed by atoms with Crippen LogP contribution in [-0.4, -0.2) is 42.1 Å². The summed E-state index contributed by atoms with van der Waals surface area (Å²) in [5.74, 6) is -2.20. The minimum absolute atomic E-state index is 0.0801. The Morgan fingerprint density at radius 2 is 1.48 bits per heavy atom. The molecule has 174 valence electrons. The second-order valence-corrected chi connectivity index (χ2v) is 8.52. The van der Waals surface area contributed by atoms with Gasteiger partial charge in [-0.15, -0.1) is 0 Å². The number of anilines is 1. The largest absolute Gasteiger partial charge is 0.378 e. The lowest BCUT2D eigenvalue weighted by atomic mass is 10.1. The Labute approximate surface area is 202 Å². The summed E-state index contributed by atoms with van der Waals surface area (Å²) >= 11 is 11.5. The first-order valence-electron chi connectivity index (χ1n) is 10.4. The van der Waals surface area contributed by atoms with Crippen LogP contribution in [0.4, 0.5) is 14.5 Å². The molecule has 1 fully saturated rings. The van der Waals surface area contributed by atoms with Gasteiger partial charge in [-0.2, -0.15) is 0 Å². The van der Waals surface area contributed by atoms with Gasteiger partial charge >= 0.3 is 0 Å². The number of hydrogen-bond donors (Lipinski definition) is 1. The maximum Gasteiger partial charge on any atom is 0.256 e. The van der Waals surface area contributed by atoms with Crippen molar-refractivity contribution in [2.75, 3.05) is 31.1 Å². The number of piperazine rings is 1. The Morgan fingerprint density at radius 3 is 2.00 bits per heavy atom. The van der Waals surface area contributed by atoms with Crippen LogP contribution < -0.4 is 4.90 Å². The molecule has 8 heteroatoms. The first-order valence-corrected chi connectivity index (χ1v) is 11.1. The molecule has 1 amide bonds. The topological polar surface area (TPSA) is 43.8 Å². The average molecular weight is 493 g/mol. The van der Waals surface area contributed by atoms with E-state index in [4.69, 9.17) is 23.2 Å². The molecule has 3 aromatic carbocycles. The van der Waals surface area contributed by atoms with Crippen molar-refractivity contribution in [2.45, 2.75) is 13.0 Å². The molecule has 0 radical (unpaired) electrons. The van der Waals surface area contributed by atoms with Gasteiger partial charge in [0.1, 0.15) is 11.6 Å². The van der Waals surface area contributed by atoms with Crippen molar-refractivity contribution < 1.29 is 18.7 Å². The van der Waals surface area contributed by atoms with E-state index in [1.54, 1.807) is 0 Å². The maximum absolute atomic E-state index is 13.3. The van der Waals surface area contributed by atoms with Crippen LogP contribution in [0.5, 0.6) is 0 Å². The number of rotatable bonds is 3. The van der Waals surface area contributed by atoms with Crippen molar-refractivity contribution in [2.24, 2.45) is 0 Å². The SMILES string of the molecule is Cc1cc(Cl)ccc1N1CCN(C(=O)C(O)c2cc(F)cc(F)c2)CC1.Clc1ccccc1. The highest BCUT2D eigenvalue weighted by molar-refractivity contribution is 6.30. The van der Waals surface area contributed by atoms with Crippen molar-refractivity contribution in [1.82, 2.24) is 4.90 Å². The summed E-state index contributed by atoms with van der Waals surface area (Å²) in [6, 6.07) is 17.7. The van der Waals surface area contributed by atoms with E-state index < -0.39 is 23.6 Å². The highest BCUT2D eigenvalue weighted by atomic mass is 35.5. The molecule has 1 saturated heterocycles. The molecular weight excluding hydrogens is 469 g/mol. The van der Waals surface area contributed by atoms with Crippen LogP contribution in [0.1, 0.15) is 17.2 Å². The first-order chi connectivity index (χ1) is 15.7. The summed E-state index contributed by atoms with van der Waals surface area (Å²) < 4.78 is 26.6. The molecule has 0 saturated carbocycles. The van der Waals surface area contributed by atoms with E-state index in [2.05, 4.69) is 4.90 Å². The molecule has 33 heavy (non-hydrogen) atoms. The molecule has 1 N–H and O–H groups in total. The molecule has 1 heterocycles. The van der Waals surface area contributed by atoms with Gasteiger partial charge in [0.2, 0.25) is 0 Å². The molecule has 0 aromatic heterocycles. The molecule has 1 aliphatic rings. The van der Waals surface area contributed by atoms with Crippen LogP contribution in [0.15, 0.2) is 66.7 Å². The van der Waals surface area contributed by atoms with Gasteiger partial charge in [-0.1, -0.05) is 41.4 Å². The summed E-state index contributed by atoms with van der Waals surface area (Å²) in [7, 11) is 0. The Bertz CT molecular complexity index is 1070. The molecule has 3 aromatic rings. The quantitative estimate of drug-likeness (QED) is 0.513. The zero-order valence-corrected chi connectivity index (χ0v) is 19.5. The van der Waals surface area contributed by atoms with Crippen molar-refractivity contribution in [3.63, 3.8) is 0 Å². The molecular formula is C25H24Cl2F2N2O2. The van der Waals surface area contributed by atoms with Crippen molar-refractivity contribution in [3.05, 3.63) is 99.5 Å². The number of hydrogen-bond acceptors (Lipinski definition) is 3. The van der Waals surface area contributed by atoms with Gasteiger partial charge in [-0.05, 0) is 60.5 Å². The molecule has 1 atom stereocenters. The molecule has 0 aliphatic carbocycles. The Kier molecular flexibility index (Phi) is 8.67. The molecule has 1 unspecified atom stereocenters. The maximum atomic E-state index is 13.3. The Balaban J connectivity index is 0.000000374. The Hall–Kier alpha value is -2.67. The lowest BCUT2D eigenvalue weighted by Gasteiger charge is -2.37. The first kappa shape index (κ1) is 25.0. The predicted molar refractivity (Wildman–Crippen MR) is 128 cm³/mol. The number of benzene rings is 3. The number of nitrogens with zero attached hydrogens (tertiary/aromatic N) is 2. The van der Waals surface area contributed by atoms with Crippen molar-refractivity contribution >= 4 is 34.8 Å².